The third kappa shape index (κ3) is 10.4. The molecule has 0 bridgehead atoms. The van der Waals surface area contributed by atoms with Gasteiger partial charge in [0.2, 0.25) is 0 Å². The number of rotatable bonds is 10. The van der Waals surface area contributed by atoms with Gasteiger partial charge in [-0.05, 0) is 45.6 Å². The fraction of sp³-hybridized carbons (Fsp3) is 0.524. The second-order valence-electron chi connectivity index (χ2n) is 7.37. The van der Waals surface area contributed by atoms with Gasteiger partial charge in [0.15, 0.2) is 0 Å². The molecule has 0 heterocycles. The van der Waals surface area contributed by atoms with E-state index < -0.39 is 29.8 Å². The Hall–Kier alpha value is -2.34. The standard InChI is InChI=1S/C21H31NO5/c1-5-14-26-20(25)22-17(15-19(24)27-21(2,3)4)18(23)13-9-12-16-10-7-6-8-11-16/h5-8,10-11,17-18,23H,1,9,12-15H2,2-4H3,(H,22,25). The van der Waals surface area contributed by atoms with Crippen molar-refractivity contribution in [2.75, 3.05) is 6.61 Å². The van der Waals surface area contributed by atoms with Crippen LogP contribution in [0, 0.1) is 0 Å². The Balaban J connectivity index is 2.62. The summed E-state index contributed by atoms with van der Waals surface area (Å²) in [5.41, 5.74) is 0.537. The molecular formula is C21H31NO5. The highest BCUT2D eigenvalue weighted by atomic mass is 16.6. The summed E-state index contributed by atoms with van der Waals surface area (Å²) in [6, 6.07) is 9.15. The fourth-order valence-electron chi connectivity index (χ4n) is 2.53. The minimum absolute atomic E-state index is 0.0507. The Morgan fingerprint density at radius 3 is 2.52 bits per heavy atom. The second-order valence-corrected chi connectivity index (χ2v) is 7.37. The van der Waals surface area contributed by atoms with E-state index in [0.717, 1.165) is 12.8 Å². The van der Waals surface area contributed by atoms with Crippen LogP contribution in [0.5, 0.6) is 0 Å². The maximum atomic E-state index is 12.1. The van der Waals surface area contributed by atoms with Crippen LogP contribution < -0.4 is 5.32 Å². The summed E-state index contributed by atoms with van der Waals surface area (Å²) in [4.78, 5) is 24.0. The quantitative estimate of drug-likeness (QED) is 0.482. The third-order valence-corrected chi connectivity index (χ3v) is 3.71. The molecule has 0 aliphatic carbocycles. The van der Waals surface area contributed by atoms with Crippen molar-refractivity contribution in [3.05, 3.63) is 48.6 Å². The minimum Gasteiger partial charge on any atom is -0.460 e. The molecule has 6 nitrogen and oxygen atoms in total. The maximum absolute atomic E-state index is 12.1. The number of aryl methyl sites for hydroxylation is 1. The van der Waals surface area contributed by atoms with E-state index in [0.29, 0.717) is 6.42 Å². The number of amides is 1. The first-order chi connectivity index (χ1) is 12.7. The number of carbonyl (C=O) groups is 2. The topological polar surface area (TPSA) is 84.9 Å². The van der Waals surface area contributed by atoms with Gasteiger partial charge in [-0.1, -0.05) is 43.0 Å². The molecule has 6 heteroatoms. The van der Waals surface area contributed by atoms with Crippen molar-refractivity contribution < 1.29 is 24.2 Å². The molecule has 0 saturated carbocycles. The highest BCUT2D eigenvalue weighted by Crippen LogP contribution is 2.14. The van der Waals surface area contributed by atoms with Crippen LogP contribution >= 0.6 is 0 Å². The molecule has 27 heavy (non-hydrogen) atoms. The van der Waals surface area contributed by atoms with Crippen molar-refractivity contribution in [3.8, 4) is 0 Å². The lowest BCUT2D eigenvalue weighted by molar-refractivity contribution is -0.156. The molecule has 1 amide bonds. The number of aliphatic hydroxyl groups excluding tert-OH is 1. The summed E-state index contributed by atoms with van der Waals surface area (Å²) in [6.07, 6.45) is 1.68. The number of esters is 1. The third-order valence-electron chi connectivity index (χ3n) is 3.71. The van der Waals surface area contributed by atoms with Crippen LogP contribution in [0.15, 0.2) is 43.0 Å². The molecule has 1 rings (SSSR count). The number of hydrogen-bond donors (Lipinski definition) is 2. The van der Waals surface area contributed by atoms with Crippen molar-refractivity contribution in [2.45, 2.75) is 64.2 Å². The van der Waals surface area contributed by atoms with Gasteiger partial charge in [-0.15, -0.1) is 0 Å². The largest absolute Gasteiger partial charge is 0.460 e. The van der Waals surface area contributed by atoms with Crippen LogP contribution in [-0.2, 0) is 20.7 Å². The number of ether oxygens (including phenoxy) is 2. The number of alkyl carbamates (subject to hydrolysis) is 1. The van der Waals surface area contributed by atoms with Crippen LogP contribution in [0.3, 0.4) is 0 Å². The molecule has 1 aromatic carbocycles. The molecule has 0 aliphatic rings. The zero-order chi connectivity index (χ0) is 20.3. The summed E-state index contributed by atoms with van der Waals surface area (Å²) < 4.78 is 10.2. The summed E-state index contributed by atoms with van der Waals surface area (Å²) >= 11 is 0. The normalized spacial score (nSPS) is 13.3. The van der Waals surface area contributed by atoms with E-state index in [1.807, 2.05) is 30.3 Å². The molecule has 0 aliphatic heterocycles. The van der Waals surface area contributed by atoms with Crippen molar-refractivity contribution in [2.24, 2.45) is 0 Å². The second kappa shape index (κ2) is 11.4. The zero-order valence-electron chi connectivity index (χ0n) is 16.4. The Morgan fingerprint density at radius 2 is 1.93 bits per heavy atom. The van der Waals surface area contributed by atoms with Gasteiger partial charge in [-0.25, -0.2) is 4.79 Å². The lowest BCUT2D eigenvalue weighted by Gasteiger charge is -2.25. The van der Waals surface area contributed by atoms with Gasteiger partial charge in [0.1, 0.15) is 12.2 Å². The van der Waals surface area contributed by atoms with Gasteiger partial charge in [0.05, 0.1) is 18.6 Å². The van der Waals surface area contributed by atoms with E-state index in [9.17, 15) is 14.7 Å². The van der Waals surface area contributed by atoms with Gasteiger partial charge in [0, 0.05) is 0 Å². The fourth-order valence-corrected chi connectivity index (χ4v) is 2.53. The first kappa shape index (κ1) is 22.7. The molecule has 0 aromatic heterocycles. The highest BCUT2D eigenvalue weighted by molar-refractivity contribution is 5.73. The molecule has 0 fully saturated rings. The molecule has 2 atom stereocenters. The highest BCUT2D eigenvalue weighted by Gasteiger charge is 2.27. The number of aliphatic hydroxyl groups is 1. The molecule has 0 spiro atoms. The molecule has 0 radical (unpaired) electrons. The van der Waals surface area contributed by atoms with Crippen LogP contribution in [0.4, 0.5) is 4.79 Å². The minimum atomic E-state index is -0.891. The number of hydrogen-bond acceptors (Lipinski definition) is 5. The predicted molar refractivity (Wildman–Crippen MR) is 104 cm³/mol. The Morgan fingerprint density at radius 1 is 1.26 bits per heavy atom. The molecule has 1 aromatic rings. The summed E-state index contributed by atoms with van der Waals surface area (Å²) in [7, 11) is 0. The maximum Gasteiger partial charge on any atom is 0.407 e. The van der Waals surface area contributed by atoms with E-state index in [1.54, 1.807) is 20.8 Å². The van der Waals surface area contributed by atoms with Crippen LogP contribution in [0.2, 0.25) is 0 Å². The van der Waals surface area contributed by atoms with Gasteiger partial charge in [0.25, 0.3) is 0 Å². The number of carbonyl (C=O) groups excluding carboxylic acids is 2. The van der Waals surface area contributed by atoms with Crippen molar-refractivity contribution in [1.82, 2.24) is 5.32 Å². The van der Waals surface area contributed by atoms with Crippen molar-refractivity contribution in [3.63, 3.8) is 0 Å². The van der Waals surface area contributed by atoms with E-state index >= 15 is 0 Å². The summed E-state index contributed by atoms with van der Waals surface area (Å²) in [5.74, 6) is -0.487. The first-order valence-corrected chi connectivity index (χ1v) is 9.19. The average molecular weight is 377 g/mol. The lowest BCUT2D eigenvalue weighted by atomic mass is 9.99. The number of nitrogens with one attached hydrogen (secondary N) is 1. The molecule has 0 saturated heterocycles. The summed E-state index contributed by atoms with van der Waals surface area (Å²) in [6.45, 7) is 8.82. The van der Waals surface area contributed by atoms with Crippen molar-refractivity contribution >= 4 is 12.1 Å². The average Bonchev–Trinajstić information content (AvgIpc) is 2.58. The molecule has 2 unspecified atom stereocenters. The lowest BCUT2D eigenvalue weighted by Crippen LogP contribution is -2.45. The first-order valence-electron chi connectivity index (χ1n) is 9.19. The van der Waals surface area contributed by atoms with Crippen LogP contribution in [0.25, 0.3) is 0 Å². The Kier molecular flexibility index (Phi) is 9.58. The zero-order valence-corrected chi connectivity index (χ0v) is 16.4. The van der Waals surface area contributed by atoms with E-state index in [4.69, 9.17) is 9.47 Å². The smallest absolute Gasteiger partial charge is 0.407 e. The molecule has 150 valence electrons. The van der Waals surface area contributed by atoms with E-state index in [-0.39, 0.29) is 13.0 Å². The summed E-state index contributed by atoms with van der Waals surface area (Å²) in [5, 5.41) is 13.1. The van der Waals surface area contributed by atoms with Gasteiger partial charge >= 0.3 is 12.1 Å². The van der Waals surface area contributed by atoms with Crippen LogP contribution in [-0.4, -0.2) is 41.5 Å². The van der Waals surface area contributed by atoms with Gasteiger partial charge < -0.3 is 19.9 Å². The van der Waals surface area contributed by atoms with E-state index in [1.165, 1.54) is 11.6 Å². The van der Waals surface area contributed by atoms with Crippen LogP contribution in [0.1, 0.15) is 45.6 Å². The Labute approximate surface area is 161 Å². The molecular weight excluding hydrogens is 346 g/mol. The number of benzene rings is 1. The SMILES string of the molecule is C=CCOC(=O)NC(CC(=O)OC(C)(C)C)C(O)CCCc1ccccc1. The van der Waals surface area contributed by atoms with Gasteiger partial charge in [-0.3, -0.25) is 4.79 Å². The Bertz CT molecular complexity index is 594. The molecule has 2 N–H and O–H groups in total. The van der Waals surface area contributed by atoms with E-state index in [2.05, 4.69) is 11.9 Å². The van der Waals surface area contributed by atoms with Gasteiger partial charge in [-0.2, -0.15) is 0 Å². The van der Waals surface area contributed by atoms with Crippen molar-refractivity contribution in [1.29, 1.82) is 0 Å². The monoisotopic (exact) mass is 377 g/mol. The predicted octanol–water partition coefficient (Wildman–Crippen LogP) is 3.38.